The van der Waals surface area contributed by atoms with Crippen LogP contribution in [0.15, 0.2) is 106 Å². The van der Waals surface area contributed by atoms with Crippen LogP contribution in [0.3, 0.4) is 0 Å². The number of hydrogen-bond acceptors (Lipinski definition) is 25. The van der Waals surface area contributed by atoms with E-state index in [4.69, 9.17) is 19.7 Å². The van der Waals surface area contributed by atoms with E-state index in [2.05, 4.69) is 49.0 Å². The number of carboxylic acids is 6. The largest absolute Gasteiger partial charge is 0.511 e. The Morgan fingerprint density at radius 3 is 1.43 bits per heavy atom. The lowest BCUT2D eigenvalue weighted by molar-refractivity contribution is -0.140. The third kappa shape index (κ3) is 27.9. The first-order chi connectivity index (χ1) is 54.9. The molecule has 3 saturated heterocycles. The summed E-state index contributed by atoms with van der Waals surface area (Å²) in [6.07, 6.45) is 10.8. The zero-order valence-electron chi connectivity index (χ0n) is 67.6. The first-order valence-electron chi connectivity index (χ1n) is 40.1. The highest BCUT2D eigenvalue weighted by Crippen LogP contribution is 2.47. The molecule has 8 rings (SSSR count). The van der Waals surface area contributed by atoms with E-state index in [0.717, 1.165) is 87.6 Å². The minimum Gasteiger partial charge on any atom is -0.511 e. The molecule has 1 aliphatic carbocycles. The SMILES string of the molecule is CCCCCCOC(C)C1=C(C)C2=NC1=CC1=NC(=CC3=C(C)C4=C(O)CC(=C5NC(=C2)C(C)[C@@H]5CCC(=O)N(CC(=O)CCCNC(=O)CN2CCN(CC(=O)O)CCN(CC(=O)O)CCN(CC(=O)O)CC2)CC(=O)NCCNC(=O)CN2CCN(CC(=O)O)CCN(CC(=O)O)CCN(CC(=O)O)CC2)C4=N3)C(CC)=C1C. The molecule has 0 aromatic carbocycles. The topological polar surface area (TPSA) is 453 Å². The van der Waals surface area contributed by atoms with Crippen LogP contribution >= 0.6 is 0 Å². The van der Waals surface area contributed by atoms with Gasteiger partial charge in [-0.05, 0) is 93.9 Å². The molecule has 0 saturated carbocycles. The molecule has 3 fully saturated rings. The number of aliphatic hydroxyl groups is 1. The zero-order chi connectivity index (χ0) is 83.6. The van der Waals surface area contributed by atoms with Crippen molar-refractivity contribution in [2.24, 2.45) is 26.8 Å². The molecule has 3 atom stereocenters. The van der Waals surface area contributed by atoms with Crippen molar-refractivity contribution in [3.05, 3.63) is 91.5 Å². The summed E-state index contributed by atoms with van der Waals surface area (Å²) >= 11 is 0. The minimum atomic E-state index is -1.10. The van der Waals surface area contributed by atoms with E-state index in [1.165, 1.54) is 4.90 Å². The second-order valence-electron chi connectivity index (χ2n) is 30.7. The van der Waals surface area contributed by atoms with Gasteiger partial charge in [-0.2, -0.15) is 0 Å². The Morgan fingerprint density at radius 2 is 0.965 bits per heavy atom. The lowest BCUT2D eigenvalue weighted by Gasteiger charge is -2.32. The molecular formula is C80H118N16O19. The highest BCUT2D eigenvalue weighted by molar-refractivity contribution is 6.21. The molecule has 8 bridgehead atoms. The highest BCUT2D eigenvalue weighted by atomic mass is 16.5. The summed E-state index contributed by atoms with van der Waals surface area (Å²) in [5, 5.41) is 82.1. The molecule has 4 amide bonds. The summed E-state index contributed by atoms with van der Waals surface area (Å²) in [7, 11) is 0. The van der Waals surface area contributed by atoms with Gasteiger partial charge in [-0.15, -0.1) is 0 Å². The molecular weight excluding hydrogens is 1490 g/mol. The molecule has 11 N–H and O–H groups in total. The monoisotopic (exact) mass is 1610 g/mol. The van der Waals surface area contributed by atoms with Gasteiger partial charge in [0.1, 0.15) is 5.76 Å². The molecule has 8 aliphatic rings. The van der Waals surface area contributed by atoms with Crippen LogP contribution in [-0.4, -0.2) is 365 Å². The first-order valence-corrected chi connectivity index (χ1v) is 40.1. The number of carboxylic acid groups (broad SMARTS) is 6. The lowest BCUT2D eigenvalue weighted by Crippen LogP contribution is -2.50. The Hall–Kier alpha value is -9.46. The van der Waals surface area contributed by atoms with E-state index in [9.17, 15) is 83.7 Å². The Bertz CT molecular complexity index is 3820. The number of carbonyl (C=O) groups is 11. The lowest BCUT2D eigenvalue weighted by atomic mass is 9.86. The third-order valence-corrected chi connectivity index (χ3v) is 22.1. The van der Waals surface area contributed by atoms with Crippen molar-refractivity contribution >= 4 is 82.4 Å². The summed E-state index contributed by atoms with van der Waals surface area (Å²) in [6, 6.07) is 0. The molecule has 632 valence electrons. The van der Waals surface area contributed by atoms with Gasteiger partial charge in [0.2, 0.25) is 23.6 Å². The summed E-state index contributed by atoms with van der Waals surface area (Å²) in [4.78, 5) is 172. The molecule has 0 spiro atoms. The number of ether oxygens (including phenoxy) is 1. The van der Waals surface area contributed by atoms with Crippen molar-refractivity contribution < 1.29 is 93.2 Å². The highest BCUT2D eigenvalue weighted by Gasteiger charge is 2.42. The number of nitrogens with zero attached hydrogens (tertiary/aromatic N) is 12. The number of Topliss-reactive ketones (excluding diaryl/α,β-unsaturated/α-hetero) is 1. The minimum absolute atomic E-state index is 0.0244. The van der Waals surface area contributed by atoms with Crippen LogP contribution in [0, 0.1) is 11.8 Å². The van der Waals surface area contributed by atoms with Crippen molar-refractivity contribution in [1.29, 1.82) is 0 Å². The predicted molar refractivity (Wildman–Crippen MR) is 428 cm³/mol. The van der Waals surface area contributed by atoms with Gasteiger partial charge in [-0.3, -0.25) is 91.9 Å². The average Bonchev–Trinajstić information content (AvgIpc) is 1.58. The number of aliphatic carboxylic acids is 6. The van der Waals surface area contributed by atoms with Gasteiger partial charge in [0.15, 0.2) is 5.78 Å². The van der Waals surface area contributed by atoms with Crippen LogP contribution in [0.1, 0.15) is 113 Å². The predicted octanol–water partition coefficient (Wildman–Crippen LogP) is 1.90. The fourth-order valence-electron chi connectivity index (χ4n) is 15.7. The molecule has 0 aromatic heterocycles. The second-order valence-corrected chi connectivity index (χ2v) is 30.7. The third-order valence-electron chi connectivity index (χ3n) is 22.1. The first kappa shape index (κ1) is 91.1. The summed E-state index contributed by atoms with van der Waals surface area (Å²) in [5.41, 5.74) is 11.9. The maximum absolute atomic E-state index is 15.1. The molecule has 0 aromatic rings. The number of aliphatic imine (C=N–C) groups is 3. The number of rotatable bonds is 38. The molecule has 115 heavy (non-hydrogen) atoms. The smallest absolute Gasteiger partial charge is 0.317 e. The van der Waals surface area contributed by atoms with Crippen LogP contribution in [0.4, 0.5) is 0 Å². The van der Waals surface area contributed by atoms with Crippen molar-refractivity contribution in [3.8, 4) is 0 Å². The molecule has 2 unspecified atom stereocenters. The number of allylic oxidation sites excluding steroid dienone is 11. The number of fused-ring (bicyclic) bond motifs is 5. The number of hydrogen-bond donors (Lipinski definition) is 11. The molecule has 7 aliphatic heterocycles. The van der Waals surface area contributed by atoms with Crippen LogP contribution in [0.2, 0.25) is 0 Å². The van der Waals surface area contributed by atoms with Crippen molar-refractivity contribution in [1.82, 2.24) is 65.4 Å². The molecule has 35 heteroatoms. The fourth-order valence-corrected chi connectivity index (χ4v) is 15.7. The maximum atomic E-state index is 15.1. The normalized spacial score (nSPS) is 20.7. The number of unbranched alkanes of at least 4 members (excludes halogenated alkanes) is 3. The Balaban J connectivity index is 0.999. The van der Waals surface area contributed by atoms with Crippen molar-refractivity contribution in [2.45, 2.75) is 119 Å². The summed E-state index contributed by atoms with van der Waals surface area (Å²) in [6.45, 7) is 14.5. The standard InChI is InChI=1S/C80H118N16O19/c1-8-10-11-12-36-115-55(7)77-53(5)62-38-61-52(4)58(79(86-61)59-37-66(98)78-54(6)63(87-80(59)78)39-64-57(9-2)51(3)60(84-64)40-65(77)85-62)15-16-70(102)96(41-56(97)14-13-17-81-67(99)42-88-20-24-90(45-71(103)104)28-32-94(49-75(111)112)33-29-91(25-21-88)46-72(105)106)44-69(101)83-19-18-82-68(100)43-89-22-26-92(47-73(107)108)30-34-95(50-76(113)114)35-31-93(27-23-89)48-74(109)110/h38-40,52,55,58,86,98H,8-37,41-50H2,1-7H3,(H,81,99)(H,82,100)(H,83,101)(H,103,104)(H,105,106)(H,107,108)(H,109,110)(H,111,112)(H,113,114)/t52?,55?,58-/m0/s1. The van der Waals surface area contributed by atoms with Gasteiger partial charge in [-0.1, -0.05) is 40.0 Å². The van der Waals surface area contributed by atoms with Gasteiger partial charge in [0.05, 0.1) is 106 Å². The van der Waals surface area contributed by atoms with Crippen LogP contribution in [-0.2, 0) is 57.5 Å². The van der Waals surface area contributed by atoms with Crippen LogP contribution in [0.25, 0.3) is 0 Å². The average molecular weight is 1610 g/mol. The van der Waals surface area contributed by atoms with Gasteiger partial charge >= 0.3 is 35.8 Å². The Morgan fingerprint density at radius 1 is 0.522 bits per heavy atom. The number of aliphatic hydroxyl groups excluding tert-OH is 1. The zero-order valence-corrected chi connectivity index (χ0v) is 67.6. The summed E-state index contributed by atoms with van der Waals surface area (Å²) < 4.78 is 6.56. The Labute approximate surface area is 671 Å². The molecule has 7 heterocycles. The maximum Gasteiger partial charge on any atom is 0.317 e. The number of carbonyl (C=O) groups excluding carboxylic acids is 5. The van der Waals surface area contributed by atoms with E-state index in [0.29, 0.717) is 35.7 Å². The van der Waals surface area contributed by atoms with Gasteiger partial charge in [0.25, 0.3) is 0 Å². The molecule has 0 radical (unpaired) electrons. The van der Waals surface area contributed by atoms with E-state index < -0.39 is 84.2 Å². The van der Waals surface area contributed by atoms with E-state index >= 15 is 4.79 Å². The molecule has 35 nitrogen and oxygen atoms in total. The Kier molecular flexibility index (Phi) is 35.3. The van der Waals surface area contributed by atoms with E-state index in [1.54, 1.807) is 39.2 Å². The van der Waals surface area contributed by atoms with Crippen LogP contribution < -0.4 is 21.3 Å². The second kappa shape index (κ2) is 44.6. The van der Waals surface area contributed by atoms with Crippen molar-refractivity contribution in [2.75, 3.05) is 196 Å². The van der Waals surface area contributed by atoms with E-state index in [1.807, 2.05) is 39.0 Å². The van der Waals surface area contributed by atoms with Gasteiger partial charge in [-0.25, -0.2) is 15.0 Å². The number of nitrogens with one attached hydrogen (secondary N) is 4. The quantitative estimate of drug-likeness (QED) is 0.0393. The fraction of sp³-hybridized carbons (Fsp3) is 0.625. The van der Waals surface area contributed by atoms with Crippen LogP contribution in [0.5, 0.6) is 0 Å². The number of amides is 4. The van der Waals surface area contributed by atoms with Gasteiger partial charge in [0, 0.05) is 190 Å². The van der Waals surface area contributed by atoms with Gasteiger partial charge < -0.3 is 66.6 Å². The summed E-state index contributed by atoms with van der Waals surface area (Å²) in [5.74, 6) is -9.60. The van der Waals surface area contributed by atoms with E-state index in [-0.39, 0.29) is 227 Å². The number of ketones is 1. The van der Waals surface area contributed by atoms with Crippen molar-refractivity contribution in [3.63, 3.8) is 0 Å².